The van der Waals surface area contributed by atoms with Crippen LogP contribution in [-0.4, -0.2) is 16.1 Å². The van der Waals surface area contributed by atoms with E-state index in [1.165, 1.54) is 0 Å². The molecule has 1 aromatic carbocycles. The lowest BCUT2D eigenvalue weighted by atomic mass is 10.0. The van der Waals surface area contributed by atoms with Crippen molar-refractivity contribution in [3.63, 3.8) is 0 Å². The van der Waals surface area contributed by atoms with Crippen molar-refractivity contribution in [2.75, 3.05) is 0 Å². The van der Waals surface area contributed by atoms with Gasteiger partial charge in [-0.25, -0.2) is 9.78 Å². The summed E-state index contributed by atoms with van der Waals surface area (Å²) >= 11 is 3.15. The first kappa shape index (κ1) is 10.8. The molecule has 0 spiro atoms. The zero-order valence-electron chi connectivity index (χ0n) is 8.22. The summed E-state index contributed by atoms with van der Waals surface area (Å²) in [7, 11) is 0. The van der Waals surface area contributed by atoms with Gasteiger partial charge in [-0.15, -0.1) is 0 Å². The van der Waals surface area contributed by atoms with E-state index in [9.17, 15) is 4.79 Å². The molecule has 0 fully saturated rings. The van der Waals surface area contributed by atoms with Gasteiger partial charge >= 0.3 is 5.97 Å². The molecule has 0 radical (unpaired) electrons. The number of carbonyl (C=O) groups is 1. The second kappa shape index (κ2) is 4.45. The van der Waals surface area contributed by atoms with Crippen LogP contribution >= 0.6 is 15.9 Å². The van der Waals surface area contributed by atoms with Gasteiger partial charge in [-0.1, -0.05) is 30.3 Å². The third-order valence-electron chi connectivity index (χ3n) is 2.20. The summed E-state index contributed by atoms with van der Waals surface area (Å²) in [6.45, 7) is 0. The van der Waals surface area contributed by atoms with Crippen molar-refractivity contribution in [2.45, 2.75) is 0 Å². The van der Waals surface area contributed by atoms with E-state index in [0.717, 1.165) is 5.56 Å². The predicted molar refractivity (Wildman–Crippen MR) is 64.3 cm³/mol. The van der Waals surface area contributed by atoms with Crippen molar-refractivity contribution in [3.8, 4) is 11.1 Å². The number of aromatic nitrogens is 1. The van der Waals surface area contributed by atoms with Crippen LogP contribution in [0.3, 0.4) is 0 Å². The van der Waals surface area contributed by atoms with Crippen molar-refractivity contribution in [2.24, 2.45) is 0 Å². The monoisotopic (exact) mass is 277 g/mol. The molecule has 4 heteroatoms. The molecular weight excluding hydrogens is 270 g/mol. The van der Waals surface area contributed by atoms with Gasteiger partial charge in [0.2, 0.25) is 0 Å². The molecule has 0 atom stereocenters. The van der Waals surface area contributed by atoms with E-state index < -0.39 is 5.97 Å². The maximum atomic E-state index is 11.1. The lowest BCUT2D eigenvalue weighted by Crippen LogP contribution is -2.02. The SMILES string of the molecule is O=C(O)c1c(-c2ccccc2)ccnc1Br. The summed E-state index contributed by atoms with van der Waals surface area (Å²) in [5.41, 5.74) is 1.71. The molecule has 0 unspecified atom stereocenters. The molecule has 1 heterocycles. The standard InChI is InChI=1S/C12H8BrNO2/c13-11-10(12(15)16)9(6-7-14-11)8-4-2-1-3-5-8/h1-7H,(H,15,16). The van der Waals surface area contributed by atoms with E-state index in [1.807, 2.05) is 30.3 Å². The van der Waals surface area contributed by atoms with Gasteiger partial charge in [-0.3, -0.25) is 0 Å². The van der Waals surface area contributed by atoms with Crippen LogP contribution in [-0.2, 0) is 0 Å². The van der Waals surface area contributed by atoms with E-state index in [1.54, 1.807) is 12.3 Å². The van der Waals surface area contributed by atoms with Crippen LogP contribution in [0.15, 0.2) is 47.2 Å². The molecule has 2 aromatic rings. The summed E-state index contributed by atoms with van der Waals surface area (Å²) in [6, 6.07) is 11.1. The zero-order chi connectivity index (χ0) is 11.5. The molecule has 0 aliphatic heterocycles. The molecule has 0 amide bonds. The van der Waals surface area contributed by atoms with E-state index in [4.69, 9.17) is 5.11 Å². The number of nitrogens with zero attached hydrogens (tertiary/aromatic N) is 1. The second-order valence-electron chi connectivity index (χ2n) is 3.20. The minimum atomic E-state index is -0.987. The Morgan fingerprint density at radius 1 is 1.19 bits per heavy atom. The number of carboxylic acids is 1. The van der Waals surface area contributed by atoms with Crippen molar-refractivity contribution in [3.05, 3.63) is 52.8 Å². The van der Waals surface area contributed by atoms with Gasteiger partial charge in [0.25, 0.3) is 0 Å². The average molecular weight is 278 g/mol. The number of hydrogen-bond acceptors (Lipinski definition) is 2. The zero-order valence-corrected chi connectivity index (χ0v) is 9.81. The molecule has 0 aliphatic carbocycles. The van der Waals surface area contributed by atoms with Crippen LogP contribution < -0.4 is 0 Å². The highest BCUT2D eigenvalue weighted by Gasteiger charge is 2.15. The summed E-state index contributed by atoms with van der Waals surface area (Å²) in [5.74, 6) is -0.987. The number of rotatable bonds is 2. The van der Waals surface area contributed by atoms with E-state index in [-0.39, 0.29) is 5.56 Å². The Hall–Kier alpha value is -1.68. The summed E-state index contributed by atoms with van der Waals surface area (Å²) in [6.07, 6.45) is 1.58. The maximum absolute atomic E-state index is 11.1. The number of aromatic carboxylic acids is 1. The Morgan fingerprint density at radius 2 is 1.88 bits per heavy atom. The quantitative estimate of drug-likeness (QED) is 0.858. The topological polar surface area (TPSA) is 50.2 Å². The fourth-order valence-electron chi connectivity index (χ4n) is 1.50. The Balaban J connectivity index is 2.66. The molecular formula is C12H8BrNO2. The van der Waals surface area contributed by atoms with Gasteiger partial charge in [-0.2, -0.15) is 0 Å². The van der Waals surface area contributed by atoms with Crippen LogP contribution in [0.5, 0.6) is 0 Å². The largest absolute Gasteiger partial charge is 0.478 e. The first-order valence-electron chi connectivity index (χ1n) is 4.63. The number of halogens is 1. The predicted octanol–water partition coefficient (Wildman–Crippen LogP) is 3.21. The first-order chi connectivity index (χ1) is 7.70. The molecule has 0 saturated carbocycles. The van der Waals surface area contributed by atoms with E-state index in [2.05, 4.69) is 20.9 Å². The Morgan fingerprint density at radius 3 is 2.50 bits per heavy atom. The number of carboxylic acid groups (broad SMARTS) is 1. The van der Waals surface area contributed by atoms with Gasteiger partial charge < -0.3 is 5.11 Å². The minimum Gasteiger partial charge on any atom is -0.478 e. The molecule has 0 saturated heterocycles. The highest BCUT2D eigenvalue weighted by molar-refractivity contribution is 9.10. The van der Waals surface area contributed by atoms with E-state index >= 15 is 0 Å². The molecule has 0 aliphatic rings. The van der Waals surface area contributed by atoms with Gasteiger partial charge in [0.05, 0.1) is 0 Å². The molecule has 0 bridgehead atoms. The summed E-state index contributed by atoms with van der Waals surface area (Å²) in [5, 5.41) is 9.14. The normalized spacial score (nSPS) is 10.1. The van der Waals surface area contributed by atoms with Gasteiger partial charge in [0.15, 0.2) is 0 Å². The van der Waals surface area contributed by atoms with Crippen LogP contribution in [0.4, 0.5) is 0 Å². The van der Waals surface area contributed by atoms with E-state index in [0.29, 0.717) is 10.2 Å². The number of benzene rings is 1. The van der Waals surface area contributed by atoms with Crippen molar-refractivity contribution < 1.29 is 9.90 Å². The van der Waals surface area contributed by atoms with Crippen molar-refractivity contribution in [1.82, 2.24) is 4.98 Å². The lowest BCUT2D eigenvalue weighted by Gasteiger charge is -2.06. The lowest BCUT2D eigenvalue weighted by molar-refractivity contribution is 0.0696. The fraction of sp³-hybridized carbons (Fsp3) is 0. The minimum absolute atomic E-state index is 0.189. The molecule has 2 rings (SSSR count). The average Bonchev–Trinajstić information content (AvgIpc) is 2.29. The molecule has 80 valence electrons. The Labute approximate surface area is 101 Å². The molecule has 3 nitrogen and oxygen atoms in total. The molecule has 1 aromatic heterocycles. The van der Waals surface area contributed by atoms with Crippen LogP contribution in [0.1, 0.15) is 10.4 Å². The van der Waals surface area contributed by atoms with Gasteiger partial charge in [0, 0.05) is 11.8 Å². The van der Waals surface area contributed by atoms with Crippen LogP contribution in [0, 0.1) is 0 Å². The summed E-state index contributed by atoms with van der Waals surface area (Å²) in [4.78, 5) is 15.1. The highest BCUT2D eigenvalue weighted by atomic mass is 79.9. The van der Waals surface area contributed by atoms with Crippen molar-refractivity contribution in [1.29, 1.82) is 0 Å². The molecule has 16 heavy (non-hydrogen) atoms. The smallest absolute Gasteiger partial charge is 0.339 e. The second-order valence-corrected chi connectivity index (χ2v) is 3.95. The third-order valence-corrected chi connectivity index (χ3v) is 2.80. The highest BCUT2D eigenvalue weighted by Crippen LogP contribution is 2.27. The maximum Gasteiger partial charge on any atom is 0.339 e. The number of pyridine rings is 1. The van der Waals surface area contributed by atoms with Crippen molar-refractivity contribution >= 4 is 21.9 Å². The molecule has 1 N–H and O–H groups in total. The van der Waals surface area contributed by atoms with Gasteiger partial charge in [-0.05, 0) is 27.6 Å². The Bertz CT molecular complexity index is 526. The van der Waals surface area contributed by atoms with Gasteiger partial charge in [0.1, 0.15) is 10.2 Å². The number of hydrogen-bond donors (Lipinski definition) is 1. The van der Waals surface area contributed by atoms with Crippen LogP contribution in [0.25, 0.3) is 11.1 Å². The summed E-state index contributed by atoms with van der Waals surface area (Å²) < 4.78 is 0.348. The third kappa shape index (κ3) is 1.97. The van der Waals surface area contributed by atoms with Crippen LogP contribution in [0.2, 0.25) is 0 Å². The first-order valence-corrected chi connectivity index (χ1v) is 5.42. The Kier molecular flexibility index (Phi) is 3.01. The fourth-order valence-corrected chi connectivity index (χ4v) is 2.00.